The first kappa shape index (κ1) is 13.9. The number of rotatable bonds is 0. The van der Waals surface area contributed by atoms with Crippen molar-refractivity contribution in [2.45, 2.75) is 11.1 Å². The van der Waals surface area contributed by atoms with Crippen LogP contribution in [0.2, 0.25) is 0 Å². The van der Waals surface area contributed by atoms with Crippen LogP contribution in [0.3, 0.4) is 0 Å². The molecule has 0 spiro atoms. The first-order chi connectivity index (χ1) is 10.4. The average Bonchev–Trinajstić information content (AvgIpc) is 2.56. The predicted molar refractivity (Wildman–Crippen MR) is 76.9 cm³/mol. The fraction of sp³-hybridized carbons (Fsp3) is 0.125. The first-order valence-corrected chi connectivity index (χ1v) is 6.41. The number of hydrogen-bond donors (Lipinski definition) is 2. The minimum Gasteiger partial charge on any atom is -0.303 e. The highest BCUT2D eigenvalue weighted by Gasteiger charge is 2.56. The molecule has 0 saturated carbocycles. The van der Waals surface area contributed by atoms with Gasteiger partial charge in [0.25, 0.3) is 0 Å². The Morgan fingerprint density at radius 3 is 1.50 bits per heavy atom. The Hall–Kier alpha value is -3.06. The topological polar surface area (TPSA) is 134 Å². The number of benzene rings is 2. The Morgan fingerprint density at radius 1 is 0.818 bits per heavy atom. The largest absolute Gasteiger partial charge is 0.303 e. The fourth-order valence-electron chi connectivity index (χ4n) is 2.72. The van der Waals surface area contributed by atoms with Crippen molar-refractivity contribution in [2.24, 2.45) is 11.5 Å². The highest BCUT2D eigenvalue weighted by atomic mass is 16.2. The van der Waals surface area contributed by atoms with Crippen molar-refractivity contribution < 1.29 is 9.59 Å². The second-order valence-electron chi connectivity index (χ2n) is 5.24. The lowest BCUT2D eigenvalue weighted by Crippen LogP contribution is -2.61. The van der Waals surface area contributed by atoms with Gasteiger partial charge in [-0.25, -0.2) is 0 Å². The number of hydrogen-bond acceptors (Lipinski definition) is 6. The summed E-state index contributed by atoms with van der Waals surface area (Å²) in [4.78, 5) is 24.4. The lowest BCUT2D eigenvalue weighted by Gasteiger charge is -2.35. The molecule has 2 atom stereocenters. The number of nitrogens with two attached hydrogens (primary N) is 2. The van der Waals surface area contributed by atoms with Crippen molar-refractivity contribution in [3.63, 3.8) is 0 Å². The van der Waals surface area contributed by atoms with E-state index in [9.17, 15) is 20.1 Å². The Labute approximate surface area is 125 Å². The number of Topliss-reactive ketones (excluding diaryl/α,β-unsaturated/α-hetero) is 2. The van der Waals surface area contributed by atoms with Gasteiger partial charge in [-0.2, -0.15) is 10.5 Å². The molecule has 6 heteroatoms. The van der Waals surface area contributed by atoms with E-state index in [0.29, 0.717) is 0 Å². The van der Waals surface area contributed by atoms with Gasteiger partial charge >= 0.3 is 0 Å². The van der Waals surface area contributed by atoms with Crippen LogP contribution in [0.25, 0.3) is 10.8 Å². The number of fused-ring (bicyclic) bond motifs is 2. The molecule has 0 fully saturated rings. The second-order valence-corrected chi connectivity index (χ2v) is 5.24. The van der Waals surface area contributed by atoms with Crippen LogP contribution in [0, 0.1) is 22.7 Å². The van der Waals surface area contributed by atoms with Crippen molar-refractivity contribution in [1.82, 2.24) is 0 Å². The van der Waals surface area contributed by atoms with Gasteiger partial charge in [0, 0.05) is 11.1 Å². The van der Waals surface area contributed by atoms with E-state index < -0.39 is 22.6 Å². The van der Waals surface area contributed by atoms with E-state index in [0.717, 1.165) is 10.8 Å². The molecule has 3 rings (SSSR count). The summed E-state index contributed by atoms with van der Waals surface area (Å²) >= 11 is 0. The summed E-state index contributed by atoms with van der Waals surface area (Å²) in [5.74, 6) is -2.33. The summed E-state index contributed by atoms with van der Waals surface area (Å²) in [6.07, 6.45) is 0. The summed E-state index contributed by atoms with van der Waals surface area (Å²) in [5.41, 5.74) is 7.69. The van der Waals surface area contributed by atoms with Gasteiger partial charge in [0.05, 0.1) is 12.1 Å². The Kier molecular flexibility index (Phi) is 2.66. The van der Waals surface area contributed by atoms with Gasteiger partial charge < -0.3 is 11.5 Å². The van der Waals surface area contributed by atoms with Gasteiger partial charge in [-0.05, 0) is 22.9 Å². The lowest BCUT2D eigenvalue weighted by atomic mass is 9.67. The average molecular weight is 290 g/mol. The summed E-state index contributed by atoms with van der Waals surface area (Å²) in [6, 6.07) is 13.6. The number of ketones is 2. The van der Waals surface area contributed by atoms with Crippen LogP contribution in [0.5, 0.6) is 0 Å². The minimum atomic E-state index is -2.13. The quantitative estimate of drug-likeness (QED) is 0.672. The molecule has 0 amide bonds. The maximum absolute atomic E-state index is 12.2. The van der Waals surface area contributed by atoms with Crippen molar-refractivity contribution in [3.05, 3.63) is 47.5 Å². The molecule has 0 bridgehead atoms. The molecule has 2 aromatic carbocycles. The summed E-state index contributed by atoms with van der Waals surface area (Å²) < 4.78 is 0. The maximum Gasteiger partial charge on any atom is 0.240 e. The molecule has 22 heavy (non-hydrogen) atoms. The lowest BCUT2D eigenvalue weighted by molar-refractivity contribution is -0.142. The summed E-state index contributed by atoms with van der Waals surface area (Å²) in [7, 11) is 0. The SMILES string of the molecule is N#CC1(N)C(=O)C(=O)C(N)(C#N)c2cc3ccccc3cc21. The van der Waals surface area contributed by atoms with Gasteiger partial charge in [0.1, 0.15) is 0 Å². The highest BCUT2D eigenvalue weighted by molar-refractivity contribution is 6.46. The molecule has 4 N–H and O–H groups in total. The Balaban J connectivity index is 2.51. The van der Waals surface area contributed by atoms with Gasteiger partial charge in [-0.1, -0.05) is 24.3 Å². The fourth-order valence-corrected chi connectivity index (χ4v) is 2.72. The summed E-state index contributed by atoms with van der Waals surface area (Å²) in [6.45, 7) is 0. The van der Waals surface area contributed by atoms with E-state index in [1.165, 1.54) is 12.1 Å². The van der Waals surface area contributed by atoms with E-state index in [-0.39, 0.29) is 11.1 Å². The van der Waals surface area contributed by atoms with Crippen LogP contribution in [0.4, 0.5) is 0 Å². The molecule has 6 nitrogen and oxygen atoms in total. The van der Waals surface area contributed by atoms with Crippen LogP contribution in [-0.2, 0) is 20.7 Å². The van der Waals surface area contributed by atoms with E-state index in [4.69, 9.17) is 11.5 Å². The van der Waals surface area contributed by atoms with E-state index in [2.05, 4.69) is 0 Å². The second kappa shape index (κ2) is 4.22. The zero-order chi connectivity index (χ0) is 16.1. The predicted octanol–water partition coefficient (Wildman–Crippen LogP) is 0.347. The van der Waals surface area contributed by atoms with Crippen molar-refractivity contribution in [1.29, 1.82) is 10.5 Å². The molecule has 0 heterocycles. The normalized spacial score (nSPS) is 27.1. The third-order valence-electron chi connectivity index (χ3n) is 4.01. The van der Waals surface area contributed by atoms with Crippen LogP contribution in [-0.4, -0.2) is 11.6 Å². The molecule has 1 aliphatic rings. The van der Waals surface area contributed by atoms with Crippen LogP contribution in [0.15, 0.2) is 36.4 Å². The molecule has 0 radical (unpaired) electrons. The van der Waals surface area contributed by atoms with Gasteiger partial charge in [0.15, 0.2) is 11.1 Å². The molecular formula is C16H10N4O2. The van der Waals surface area contributed by atoms with Crippen molar-refractivity contribution >= 4 is 22.3 Å². The smallest absolute Gasteiger partial charge is 0.240 e. The first-order valence-electron chi connectivity index (χ1n) is 6.41. The molecular weight excluding hydrogens is 280 g/mol. The zero-order valence-corrected chi connectivity index (χ0v) is 11.3. The van der Waals surface area contributed by atoms with Crippen molar-refractivity contribution in [3.8, 4) is 12.1 Å². The highest BCUT2D eigenvalue weighted by Crippen LogP contribution is 2.39. The number of nitrogens with zero attached hydrogens (tertiary/aromatic N) is 2. The monoisotopic (exact) mass is 290 g/mol. The standard InChI is InChI=1S/C16H10N4O2/c17-7-15(19)11-5-9-3-1-2-4-10(9)6-12(11)16(20,8-18)14(22)13(15)21/h1-6H,19-20H2. The molecule has 2 aromatic rings. The van der Waals surface area contributed by atoms with Crippen LogP contribution in [0.1, 0.15) is 11.1 Å². The summed E-state index contributed by atoms with van der Waals surface area (Å²) in [5, 5.41) is 20.1. The van der Waals surface area contributed by atoms with Gasteiger partial charge in [-0.3, -0.25) is 9.59 Å². The molecule has 0 saturated heterocycles. The van der Waals surface area contributed by atoms with E-state index in [1.54, 1.807) is 36.4 Å². The van der Waals surface area contributed by atoms with E-state index >= 15 is 0 Å². The maximum atomic E-state index is 12.2. The molecule has 2 unspecified atom stereocenters. The zero-order valence-electron chi connectivity index (χ0n) is 11.3. The Bertz CT molecular complexity index is 861. The van der Waals surface area contributed by atoms with Gasteiger partial charge in [-0.15, -0.1) is 0 Å². The minimum absolute atomic E-state index is 0.0994. The van der Waals surface area contributed by atoms with Crippen LogP contribution >= 0.6 is 0 Å². The van der Waals surface area contributed by atoms with Gasteiger partial charge in [0.2, 0.25) is 11.6 Å². The molecule has 106 valence electrons. The number of carbonyl (C=O) groups excluding carboxylic acids is 2. The number of nitriles is 2. The Morgan fingerprint density at radius 2 is 1.18 bits per heavy atom. The molecule has 0 aliphatic heterocycles. The van der Waals surface area contributed by atoms with E-state index in [1.807, 2.05) is 0 Å². The third kappa shape index (κ3) is 1.48. The van der Waals surface area contributed by atoms with Crippen molar-refractivity contribution in [2.75, 3.05) is 0 Å². The van der Waals surface area contributed by atoms with Crippen LogP contribution < -0.4 is 11.5 Å². The molecule has 0 aromatic heterocycles. The molecule has 1 aliphatic carbocycles. The number of carbonyl (C=O) groups is 2. The third-order valence-corrected chi connectivity index (χ3v) is 4.01.